The quantitative estimate of drug-likeness (QED) is 0.889. The van der Waals surface area contributed by atoms with Gasteiger partial charge in [-0.3, -0.25) is 4.79 Å². The van der Waals surface area contributed by atoms with E-state index in [1.54, 1.807) is 12.1 Å². The highest BCUT2D eigenvalue weighted by Crippen LogP contribution is 2.31. The molecule has 1 amide bonds. The molecule has 1 aromatic heterocycles. The number of carbonyl (C=O) groups excluding carboxylic acids is 1. The largest absolute Gasteiger partial charge is 0.347 e. The molecule has 1 unspecified atom stereocenters. The van der Waals surface area contributed by atoms with Crippen LogP contribution in [0.5, 0.6) is 0 Å². The highest BCUT2D eigenvalue weighted by molar-refractivity contribution is 7.99. The number of aromatic nitrogens is 2. The number of carbonyl (C=O) groups is 1. The molecule has 7 heteroatoms. The van der Waals surface area contributed by atoms with E-state index in [0.29, 0.717) is 15.7 Å². The molecule has 5 nitrogen and oxygen atoms in total. The van der Waals surface area contributed by atoms with Gasteiger partial charge in [-0.2, -0.15) is 0 Å². The molecule has 2 heterocycles. The Hall–Kier alpha value is -1.63. The maximum absolute atomic E-state index is 12.2. The van der Waals surface area contributed by atoms with Crippen LogP contribution in [0.15, 0.2) is 46.3 Å². The molecular formula is C16H17ClN4OS. The molecule has 2 aromatic rings. The van der Waals surface area contributed by atoms with Gasteiger partial charge in [-0.05, 0) is 43.7 Å². The standard InChI is InChI=1S/C16H17ClN4OS/c17-12-5-1-2-6-14(12)23-15-8-7-13(20-21-15)16(22)19-11-4-3-9-18-10-11/h1-2,5-8,11,18H,3-4,9-10H2,(H,19,22). The Morgan fingerprint density at radius 3 is 2.83 bits per heavy atom. The lowest BCUT2D eigenvalue weighted by atomic mass is 10.1. The Kier molecular flexibility index (Phi) is 5.48. The fourth-order valence-corrected chi connectivity index (χ4v) is 3.38. The van der Waals surface area contributed by atoms with E-state index in [4.69, 9.17) is 11.6 Å². The number of amides is 1. The van der Waals surface area contributed by atoms with Gasteiger partial charge in [-0.1, -0.05) is 35.5 Å². The zero-order valence-corrected chi connectivity index (χ0v) is 14.0. The predicted octanol–water partition coefficient (Wildman–Crippen LogP) is 2.76. The Balaban J connectivity index is 1.62. The molecule has 23 heavy (non-hydrogen) atoms. The summed E-state index contributed by atoms with van der Waals surface area (Å²) in [6.45, 7) is 1.82. The lowest BCUT2D eigenvalue weighted by Gasteiger charge is -2.23. The van der Waals surface area contributed by atoms with Crippen LogP contribution >= 0.6 is 23.4 Å². The molecular weight excluding hydrogens is 332 g/mol. The Morgan fingerprint density at radius 2 is 2.13 bits per heavy atom. The van der Waals surface area contributed by atoms with Crippen molar-refractivity contribution < 1.29 is 4.79 Å². The fourth-order valence-electron chi connectivity index (χ4n) is 2.37. The SMILES string of the molecule is O=C(NC1CCCNC1)c1ccc(Sc2ccccc2Cl)nn1. The lowest BCUT2D eigenvalue weighted by molar-refractivity contribution is 0.0924. The number of hydrogen-bond donors (Lipinski definition) is 2. The third-order valence-corrected chi connectivity index (χ3v) is 5.00. The zero-order valence-electron chi connectivity index (χ0n) is 12.5. The van der Waals surface area contributed by atoms with E-state index >= 15 is 0 Å². The average Bonchev–Trinajstić information content (AvgIpc) is 2.58. The molecule has 1 aliphatic rings. The van der Waals surface area contributed by atoms with Crippen molar-refractivity contribution in [3.05, 3.63) is 47.1 Å². The first-order valence-corrected chi connectivity index (χ1v) is 8.69. The van der Waals surface area contributed by atoms with Crippen molar-refractivity contribution in [1.29, 1.82) is 0 Å². The first-order chi connectivity index (χ1) is 11.2. The molecule has 120 valence electrons. The van der Waals surface area contributed by atoms with E-state index in [1.165, 1.54) is 11.8 Å². The number of rotatable bonds is 4. The summed E-state index contributed by atoms with van der Waals surface area (Å²) in [5.74, 6) is -0.180. The van der Waals surface area contributed by atoms with Crippen LogP contribution in [0.4, 0.5) is 0 Å². The summed E-state index contributed by atoms with van der Waals surface area (Å²) in [5, 5.41) is 15.8. The van der Waals surface area contributed by atoms with E-state index in [1.807, 2.05) is 24.3 Å². The van der Waals surface area contributed by atoms with Crippen LogP contribution in [0.2, 0.25) is 5.02 Å². The summed E-state index contributed by atoms with van der Waals surface area (Å²) in [4.78, 5) is 13.1. The molecule has 1 atom stereocenters. The maximum atomic E-state index is 12.2. The van der Waals surface area contributed by atoms with Crippen molar-refractivity contribution in [2.24, 2.45) is 0 Å². The number of halogens is 1. The van der Waals surface area contributed by atoms with Crippen molar-refractivity contribution >= 4 is 29.3 Å². The average molecular weight is 349 g/mol. The molecule has 0 bridgehead atoms. The van der Waals surface area contributed by atoms with Gasteiger partial charge in [-0.25, -0.2) is 0 Å². The van der Waals surface area contributed by atoms with Gasteiger partial charge in [-0.15, -0.1) is 10.2 Å². The van der Waals surface area contributed by atoms with Gasteiger partial charge in [0.1, 0.15) is 5.03 Å². The molecule has 3 rings (SSSR count). The van der Waals surface area contributed by atoms with Crippen LogP contribution in [0, 0.1) is 0 Å². The van der Waals surface area contributed by atoms with Crippen molar-refractivity contribution in [1.82, 2.24) is 20.8 Å². The van der Waals surface area contributed by atoms with Gasteiger partial charge in [0.25, 0.3) is 5.91 Å². The second kappa shape index (κ2) is 7.77. The summed E-state index contributed by atoms with van der Waals surface area (Å²) >= 11 is 7.55. The van der Waals surface area contributed by atoms with Gasteiger partial charge in [0.2, 0.25) is 0 Å². The first-order valence-electron chi connectivity index (χ1n) is 7.50. The molecule has 0 spiro atoms. The lowest BCUT2D eigenvalue weighted by Crippen LogP contribution is -2.45. The first kappa shape index (κ1) is 16.2. The molecule has 0 saturated carbocycles. The summed E-state index contributed by atoms with van der Waals surface area (Å²) in [6, 6.07) is 11.2. The number of hydrogen-bond acceptors (Lipinski definition) is 5. The molecule has 0 aliphatic carbocycles. The van der Waals surface area contributed by atoms with Crippen LogP contribution in [0.1, 0.15) is 23.3 Å². The predicted molar refractivity (Wildman–Crippen MR) is 91.0 cm³/mol. The van der Waals surface area contributed by atoms with E-state index in [2.05, 4.69) is 20.8 Å². The van der Waals surface area contributed by atoms with Gasteiger partial charge in [0.15, 0.2) is 5.69 Å². The van der Waals surface area contributed by atoms with Crippen LogP contribution in [-0.2, 0) is 0 Å². The summed E-state index contributed by atoms with van der Waals surface area (Å²) < 4.78 is 0. The van der Waals surface area contributed by atoms with E-state index in [-0.39, 0.29) is 11.9 Å². The second-order valence-electron chi connectivity index (χ2n) is 5.31. The van der Waals surface area contributed by atoms with Crippen molar-refractivity contribution in [3.8, 4) is 0 Å². The zero-order chi connectivity index (χ0) is 16.1. The van der Waals surface area contributed by atoms with E-state index < -0.39 is 0 Å². The summed E-state index contributed by atoms with van der Waals surface area (Å²) in [5.41, 5.74) is 0.332. The Morgan fingerprint density at radius 1 is 1.26 bits per heavy atom. The smallest absolute Gasteiger partial charge is 0.272 e. The molecule has 0 radical (unpaired) electrons. The van der Waals surface area contributed by atoms with Crippen molar-refractivity contribution in [2.75, 3.05) is 13.1 Å². The second-order valence-corrected chi connectivity index (χ2v) is 6.78. The minimum absolute atomic E-state index is 0.162. The monoisotopic (exact) mass is 348 g/mol. The topological polar surface area (TPSA) is 66.9 Å². The molecule has 1 aromatic carbocycles. The number of benzene rings is 1. The van der Waals surface area contributed by atoms with Crippen LogP contribution in [0.3, 0.4) is 0 Å². The van der Waals surface area contributed by atoms with Crippen LogP contribution < -0.4 is 10.6 Å². The van der Waals surface area contributed by atoms with Crippen LogP contribution in [-0.4, -0.2) is 35.2 Å². The highest BCUT2D eigenvalue weighted by Gasteiger charge is 2.17. The number of nitrogens with zero attached hydrogens (tertiary/aromatic N) is 2. The van der Waals surface area contributed by atoms with Crippen molar-refractivity contribution in [2.45, 2.75) is 28.8 Å². The molecule has 1 aliphatic heterocycles. The van der Waals surface area contributed by atoms with Gasteiger partial charge in [0.05, 0.1) is 5.02 Å². The third-order valence-electron chi connectivity index (χ3n) is 3.56. The van der Waals surface area contributed by atoms with E-state index in [0.717, 1.165) is 30.8 Å². The Bertz CT molecular complexity index is 674. The minimum Gasteiger partial charge on any atom is -0.347 e. The van der Waals surface area contributed by atoms with Gasteiger partial charge >= 0.3 is 0 Å². The normalized spacial score (nSPS) is 17.7. The highest BCUT2D eigenvalue weighted by atomic mass is 35.5. The van der Waals surface area contributed by atoms with Gasteiger partial charge < -0.3 is 10.6 Å². The third kappa shape index (κ3) is 4.43. The molecule has 1 saturated heterocycles. The minimum atomic E-state index is -0.180. The number of nitrogens with one attached hydrogen (secondary N) is 2. The molecule has 2 N–H and O–H groups in total. The van der Waals surface area contributed by atoms with E-state index in [9.17, 15) is 4.79 Å². The summed E-state index contributed by atoms with van der Waals surface area (Å²) in [7, 11) is 0. The van der Waals surface area contributed by atoms with Crippen molar-refractivity contribution in [3.63, 3.8) is 0 Å². The Labute approximate surface area is 144 Å². The maximum Gasteiger partial charge on any atom is 0.272 e. The fraction of sp³-hybridized carbons (Fsp3) is 0.312. The number of piperidine rings is 1. The van der Waals surface area contributed by atoms with Crippen LogP contribution in [0.25, 0.3) is 0 Å². The summed E-state index contributed by atoms with van der Waals surface area (Å²) in [6.07, 6.45) is 2.07. The molecule has 1 fully saturated rings. The van der Waals surface area contributed by atoms with Gasteiger partial charge in [0, 0.05) is 17.5 Å².